The lowest BCUT2D eigenvalue weighted by atomic mass is 10.0. The van der Waals surface area contributed by atoms with Gasteiger partial charge in [-0.15, -0.1) is 12.4 Å². The van der Waals surface area contributed by atoms with Gasteiger partial charge < -0.3 is 11.1 Å². The maximum Gasteiger partial charge on any atom is 0.242 e. The molecule has 1 atom stereocenters. The topological polar surface area (TPSA) is 92.5 Å². The SMILES string of the molecule is CC(=O)Nc1cc(S(=O)(=O)N(C)CCC(N)C(C)C)ccc1F.Cl. The van der Waals surface area contributed by atoms with E-state index in [9.17, 15) is 17.6 Å². The molecule has 24 heavy (non-hydrogen) atoms. The third-order valence-corrected chi connectivity index (χ3v) is 5.44. The van der Waals surface area contributed by atoms with Crippen molar-refractivity contribution in [2.24, 2.45) is 11.7 Å². The van der Waals surface area contributed by atoms with Crippen LogP contribution in [0, 0.1) is 11.7 Å². The number of carbonyl (C=O) groups is 1. The van der Waals surface area contributed by atoms with E-state index in [4.69, 9.17) is 5.73 Å². The number of sulfonamides is 1. The Morgan fingerprint density at radius 3 is 2.46 bits per heavy atom. The van der Waals surface area contributed by atoms with Gasteiger partial charge in [0.15, 0.2) is 0 Å². The molecule has 0 heterocycles. The van der Waals surface area contributed by atoms with Crippen LogP contribution in [0.15, 0.2) is 23.1 Å². The molecule has 0 radical (unpaired) electrons. The third-order valence-electron chi connectivity index (χ3n) is 3.59. The standard InChI is InChI=1S/C15H24FN3O3S.ClH/c1-10(2)14(17)7-8-19(4)23(21,22)12-5-6-13(16)15(9-12)18-11(3)20;/h5-6,9-10,14H,7-8,17H2,1-4H3,(H,18,20);1H. The second-order valence-corrected chi connectivity index (χ2v) is 7.89. The molecular formula is C15H25ClFN3O3S. The molecule has 6 nitrogen and oxygen atoms in total. The maximum absolute atomic E-state index is 13.6. The van der Waals surface area contributed by atoms with E-state index >= 15 is 0 Å². The van der Waals surface area contributed by atoms with Gasteiger partial charge in [0.1, 0.15) is 5.82 Å². The van der Waals surface area contributed by atoms with E-state index in [2.05, 4.69) is 5.32 Å². The highest BCUT2D eigenvalue weighted by Crippen LogP contribution is 2.22. The minimum absolute atomic E-state index is 0. The van der Waals surface area contributed by atoms with E-state index in [1.165, 1.54) is 24.3 Å². The van der Waals surface area contributed by atoms with Gasteiger partial charge in [-0.3, -0.25) is 4.79 Å². The van der Waals surface area contributed by atoms with Gasteiger partial charge in [0.25, 0.3) is 0 Å². The van der Waals surface area contributed by atoms with Crippen molar-refractivity contribution in [3.63, 3.8) is 0 Å². The van der Waals surface area contributed by atoms with Crippen LogP contribution in [0.5, 0.6) is 0 Å². The first-order valence-electron chi connectivity index (χ1n) is 7.34. The van der Waals surface area contributed by atoms with Crippen LogP contribution >= 0.6 is 12.4 Å². The Morgan fingerprint density at radius 2 is 1.96 bits per heavy atom. The number of nitrogens with two attached hydrogens (primary N) is 1. The average molecular weight is 382 g/mol. The number of rotatable bonds is 7. The molecule has 1 amide bonds. The molecule has 1 rings (SSSR count). The van der Waals surface area contributed by atoms with Crippen LogP contribution in [-0.2, 0) is 14.8 Å². The van der Waals surface area contributed by atoms with E-state index in [0.29, 0.717) is 6.42 Å². The number of amides is 1. The summed E-state index contributed by atoms with van der Waals surface area (Å²) in [7, 11) is -2.33. The van der Waals surface area contributed by atoms with Crippen molar-refractivity contribution in [2.75, 3.05) is 18.9 Å². The zero-order valence-electron chi connectivity index (χ0n) is 14.2. The summed E-state index contributed by atoms with van der Waals surface area (Å²) in [6.07, 6.45) is 0.521. The van der Waals surface area contributed by atoms with Crippen molar-refractivity contribution in [2.45, 2.75) is 38.1 Å². The van der Waals surface area contributed by atoms with E-state index in [1.54, 1.807) is 0 Å². The zero-order chi connectivity index (χ0) is 17.8. The lowest BCUT2D eigenvalue weighted by molar-refractivity contribution is -0.114. The predicted octanol–water partition coefficient (Wildman–Crippen LogP) is 2.20. The largest absolute Gasteiger partial charge is 0.327 e. The molecule has 0 saturated heterocycles. The molecule has 0 saturated carbocycles. The second-order valence-electron chi connectivity index (χ2n) is 5.85. The molecule has 0 spiro atoms. The van der Waals surface area contributed by atoms with E-state index in [0.717, 1.165) is 12.1 Å². The van der Waals surface area contributed by atoms with E-state index < -0.39 is 21.7 Å². The van der Waals surface area contributed by atoms with Crippen LogP contribution in [0.4, 0.5) is 10.1 Å². The molecule has 0 bridgehead atoms. The van der Waals surface area contributed by atoms with Crippen molar-refractivity contribution >= 4 is 34.0 Å². The number of halogens is 2. The fraction of sp³-hybridized carbons (Fsp3) is 0.533. The fourth-order valence-corrected chi connectivity index (χ4v) is 3.13. The minimum Gasteiger partial charge on any atom is -0.327 e. The molecule has 0 aliphatic rings. The Labute approximate surface area is 149 Å². The summed E-state index contributed by atoms with van der Waals surface area (Å²) in [6.45, 7) is 5.42. The minimum atomic E-state index is -3.78. The average Bonchev–Trinajstić information content (AvgIpc) is 2.45. The van der Waals surface area contributed by atoms with Gasteiger partial charge in [-0.05, 0) is 30.5 Å². The van der Waals surface area contributed by atoms with Crippen molar-refractivity contribution in [1.29, 1.82) is 0 Å². The Hall–Kier alpha value is -1.22. The molecule has 9 heteroatoms. The smallest absolute Gasteiger partial charge is 0.242 e. The molecule has 3 N–H and O–H groups in total. The lowest BCUT2D eigenvalue weighted by Crippen LogP contribution is -2.34. The maximum atomic E-state index is 13.6. The first-order valence-corrected chi connectivity index (χ1v) is 8.78. The number of anilines is 1. The summed E-state index contributed by atoms with van der Waals surface area (Å²) < 4.78 is 39.8. The number of hydrogen-bond donors (Lipinski definition) is 2. The van der Waals surface area contributed by atoms with Crippen LogP contribution in [0.25, 0.3) is 0 Å². The lowest BCUT2D eigenvalue weighted by Gasteiger charge is -2.21. The molecule has 1 aromatic carbocycles. The summed E-state index contributed by atoms with van der Waals surface area (Å²) in [5.41, 5.74) is 5.77. The van der Waals surface area contributed by atoms with Gasteiger partial charge >= 0.3 is 0 Å². The normalized spacial score (nSPS) is 12.8. The van der Waals surface area contributed by atoms with Crippen LogP contribution in [-0.4, -0.2) is 38.3 Å². The zero-order valence-corrected chi connectivity index (χ0v) is 15.9. The molecule has 0 fully saturated rings. The third kappa shape index (κ3) is 6.01. The number of nitrogens with zero attached hydrogens (tertiary/aromatic N) is 1. The first-order chi connectivity index (χ1) is 10.6. The fourth-order valence-electron chi connectivity index (χ4n) is 1.91. The van der Waals surface area contributed by atoms with Gasteiger partial charge in [-0.2, -0.15) is 0 Å². The molecule has 138 valence electrons. The summed E-state index contributed by atoms with van der Waals surface area (Å²) in [6, 6.07) is 3.21. The summed E-state index contributed by atoms with van der Waals surface area (Å²) in [5.74, 6) is -0.915. The molecule has 0 aliphatic carbocycles. The van der Waals surface area contributed by atoms with Crippen molar-refractivity contribution in [1.82, 2.24) is 4.31 Å². The predicted molar refractivity (Wildman–Crippen MR) is 95.2 cm³/mol. The monoisotopic (exact) mass is 381 g/mol. The van der Waals surface area contributed by atoms with Crippen molar-refractivity contribution < 1.29 is 17.6 Å². The van der Waals surface area contributed by atoms with Crippen LogP contribution in [0.1, 0.15) is 27.2 Å². The highest BCUT2D eigenvalue weighted by Gasteiger charge is 2.23. The first kappa shape index (κ1) is 22.8. The molecule has 1 unspecified atom stereocenters. The Morgan fingerprint density at radius 1 is 1.38 bits per heavy atom. The molecular weight excluding hydrogens is 357 g/mol. The Bertz CT molecular complexity index is 668. The molecule has 1 aromatic rings. The van der Waals surface area contributed by atoms with Gasteiger partial charge in [-0.1, -0.05) is 13.8 Å². The number of carbonyl (C=O) groups excluding carboxylic acids is 1. The number of nitrogens with one attached hydrogen (secondary N) is 1. The van der Waals surface area contributed by atoms with E-state index in [1.807, 2.05) is 13.8 Å². The van der Waals surface area contributed by atoms with Gasteiger partial charge in [-0.25, -0.2) is 17.1 Å². The van der Waals surface area contributed by atoms with Crippen LogP contribution in [0.3, 0.4) is 0 Å². The van der Waals surface area contributed by atoms with Crippen molar-refractivity contribution in [3.8, 4) is 0 Å². The van der Waals surface area contributed by atoms with Crippen LogP contribution < -0.4 is 11.1 Å². The Balaban J connectivity index is 0.00000529. The highest BCUT2D eigenvalue weighted by molar-refractivity contribution is 7.89. The number of hydrogen-bond acceptors (Lipinski definition) is 4. The van der Waals surface area contributed by atoms with Crippen LogP contribution in [0.2, 0.25) is 0 Å². The second kappa shape index (κ2) is 9.31. The van der Waals surface area contributed by atoms with E-state index in [-0.39, 0.29) is 41.5 Å². The highest BCUT2D eigenvalue weighted by atomic mass is 35.5. The van der Waals surface area contributed by atoms with Gasteiger partial charge in [0.05, 0.1) is 10.6 Å². The van der Waals surface area contributed by atoms with Gasteiger partial charge in [0, 0.05) is 26.6 Å². The van der Waals surface area contributed by atoms with Crippen molar-refractivity contribution in [3.05, 3.63) is 24.0 Å². The molecule has 0 aliphatic heterocycles. The summed E-state index contributed by atoms with van der Waals surface area (Å²) in [5, 5.41) is 2.27. The summed E-state index contributed by atoms with van der Waals surface area (Å²) >= 11 is 0. The van der Waals surface area contributed by atoms with Gasteiger partial charge in [0.2, 0.25) is 15.9 Å². The summed E-state index contributed by atoms with van der Waals surface area (Å²) in [4.78, 5) is 11.0. The Kier molecular flexibility index (Phi) is 8.84. The molecule has 0 aromatic heterocycles. The quantitative estimate of drug-likeness (QED) is 0.757. The number of benzene rings is 1.